The molecule has 0 radical (unpaired) electrons. The highest BCUT2D eigenvalue weighted by Crippen LogP contribution is 2.41. The van der Waals surface area contributed by atoms with Gasteiger partial charge in [-0.25, -0.2) is 9.97 Å². The minimum absolute atomic E-state index is 0.655. The number of rotatable bonds is 6. The van der Waals surface area contributed by atoms with E-state index in [0.717, 1.165) is 50.3 Å². The van der Waals surface area contributed by atoms with Crippen molar-refractivity contribution >= 4 is 21.5 Å². The number of nitriles is 1. The summed E-state index contributed by atoms with van der Waals surface area (Å²) in [4.78, 5) is 10.0. The van der Waals surface area contributed by atoms with E-state index in [9.17, 15) is 5.26 Å². The zero-order chi connectivity index (χ0) is 34.9. The standard InChI is InChI=1S/C49H31N3/c50-32-33-21-23-35(24-22-33)45-30-41(29-40-15-7-8-18-42(40)45)44-20-10-17-38-16-9-19-43(48(38)44)34-25-27-37(28-26-34)47-31-46(36-11-3-1-4-12-36)51-49(52-47)39-13-5-2-6-14-39/h1-31H. The van der Waals surface area contributed by atoms with Gasteiger partial charge in [-0.2, -0.15) is 5.26 Å². The van der Waals surface area contributed by atoms with E-state index in [0.29, 0.717) is 11.4 Å². The molecule has 0 amide bonds. The molecule has 3 heteroatoms. The zero-order valence-corrected chi connectivity index (χ0v) is 28.2. The molecule has 8 aromatic carbocycles. The average molecular weight is 662 g/mol. The first kappa shape index (κ1) is 30.9. The van der Waals surface area contributed by atoms with Crippen molar-refractivity contribution < 1.29 is 0 Å². The van der Waals surface area contributed by atoms with E-state index in [-0.39, 0.29) is 0 Å². The minimum atomic E-state index is 0.655. The summed E-state index contributed by atoms with van der Waals surface area (Å²) < 4.78 is 0. The molecule has 0 saturated carbocycles. The summed E-state index contributed by atoms with van der Waals surface area (Å²) in [6.07, 6.45) is 0. The third kappa shape index (κ3) is 5.79. The third-order valence-electron chi connectivity index (χ3n) is 9.72. The summed E-state index contributed by atoms with van der Waals surface area (Å²) in [5.41, 5.74) is 12.4. The second-order valence-corrected chi connectivity index (χ2v) is 12.9. The Morgan fingerprint density at radius 3 is 1.56 bits per heavy atom. The van der Waals surface area contributed by atoms with Crippen molar-refractivity contribution in [2.75, 3.05) is 0 Å². The molecule has 0 bridgehead atoms. The Morgan fingerprint density at radius 2 is 0.885 bits per heavy atom. The van der Waals surface area contributed by atoms with E-state index in [2.05, 4.69) is 133 Å². The van der Waals surface area contributed by atoms with Crippen LogP contribution in [0.3, 0.4) is 0 Å². The smallest absolute Gasteiger partial charge is 0.160 e. The molecule has 0 saturated heterocycles. The number of aromatic nitrogens is 2. The van der Waals surface area contributed by atoms with Gasteiger partial charge in [0.1, 0.15) is 0 Å². The van der Waals surface area contributed by atoms with Crippen LogP contribution in [0.5, 0.6) is 0 Å². The lowest BCUT2D eigenvalue weighted by atomic mass is 9.88. The van der Waals surface area contributed by atoms with Gasteiger partial charge in [-0.05, 0) is 85.3 Å². The molecule has 3 nitrogen and oxygen atoms in total. The van der Waals surface area contributed by atoms with Crippen molar-refractivity contribution in [3.63, 3.8) is 0 Å². The summed E-state index contributed by atoms with van der Waals surface area (Å²) in [5, 5.41) is 14.2. The van der Waals surface area contributed by atoms with Crippen LogP contribution >= 0.6 is 0 Å². The van der Waals surface area contributed by atoms with Crippen molar-refractivity contribution in [3.05, 3.63) is 194 Å². The van der Waals surface area contributed by atoms with Crippen LogP contribution < -0.4 is 0 Å². The summed E-state index contributed by atoms with van der Waals surface area (Å²) in [6, 6.07) is 67.6. The van der Waals surface area contributed by atoms with Crippen LogP contribution in [-0.4, -0.2) is 9.97 Å². The normalized spacial score (nSPS) is 11.1. The van der Waals surface area contributed by atoms with Gasteiger partial charge in [-0.3, -0.25) is 0 Å². The Hall–Kier alpha value is -7.15. The largest absolute Gasteiger partial charge is 0.228 e. The molecule has 1 aromatic heterocycles. The average Bonchev–Trinajstić information content (AvgIpc) is 3.23. The number of hydrogen-bond acceptors (Lipinski definition) is 3. The molecule has 242 valence electrons. The van der Waals surface area contributed by atoms with Gasteiger partial charge >= 0.3 is 0 Å². The number of nitrogens with zero attached hydrogens (tertiary/aromatic N) is 3. The van der Waals surface area contributed by atoms with Crippen molar-refractivity contribution in [1.82, 2.24) is 9.97 Å². The van der Waals surface area contributed by atoms with Crippen LogP contribution in [0.2, 0.25) is 0 Å². The first-order valence-corrected chi connectivity index (χ1v) is 17.4. The molecular formula is C49H31N3. The summed E-state index contributed by atoms with van der Waals surface area (Å²) in [6.45, 7) is 0. The maximum Gasteiger partial charge on any atom is 0.160 e. The fourth-order valence-electron chi connectivity index (χ4n) is 7.14. The topological polar surface area (TPSA) is 49.6 Å². The highest BCUT2D eigenvalue weighted by atomic mass is 14.9. The highest BCUT2D eigenvalue weighted by Gasteiger charge is 2.15. The maximum atomic E-state index is 9.41. The van der Waals surface area contributed by atoms with Crippen LogP contribution in [0.15, 0.2) is 188 Å². The van der Waals surface area contributed by atoms with Crippen molar-refractivity contribution in [3.8, 4) is 73.4 Å². The lowest BCUT2D eigenvalue weighted by Gasteiger charge is -2.16. The molecule has 0 aliphatic heterocycles. The number of benzene rings is 8. The lowest BCUT2D eigenvalue weighted by molar-refractivity contribution is 1.18. The molecule has 0 atom stereocenters. The monoisotopic (exact) mass is 661 g/mol. The Morgan fingerprint density at radius 1 is 0.365 bits per heavy atom. The van der Waals surface area contributed by atoms with E-state index in [1.165, 1.54) is 32.7 Å². The second-order valence-electron chi connectivity index (χ2n) is 12.9. The van der Waals surface area contributed by atoms with Gasteiger partial charge in [-0.1, -0.05) is 158 Å². The first-order chi connectivity index (χ1) is 25.7. The molecule has 0 unspecified atom stereocenters. The molecule has 9 rings (SSSR count). The quantitative estimate of drug-likeness (QED) is 0.178. The van der Waals surface area contributed by atoms with Gasteiger partial charge in [0.15, 0.2) is 5.82 Å². The highest BCUT2D eigenvalue weighted by molar-refractivity contribution is 6.09. The van der Waals surface area contributed by atoms with Gasteiger partial charge in [0.05, 0.1) is 23.0 Å². The molecule has 52 heavy (non-hydrogen) atoms. The van der Waals surface area contributed by atoms with E-state index in [1.807, 2.05) is 60.7 Å². The van der Waals surface area contributed by atoms with Crippen molar-refractivity contribution in [2.45, 2.75) is 0 Å². The van der Waals surface area contributed by atoms with Crippen LogP contribution in [0, 0.1) is 11.3 Å². The predicted octanol–water partition coefficient (Wildman–Crippen LogP) is 12.7. The Balaban J connectivity index is 1.16. The van der Waals surface area contributed by atoms with Crippen LogP contribution in [-0.2, 0) is 0 Å². The van der Waals surface area contributed by atoms with Gasteiger partial charge in [0.2, 0.25) is 0 Å². The summed E-state index contributed by atoms with van der Waals surface area (Å²) in [7, 11) is 0. The van der Waals surface area contributed by atoms with E-state index in [4.69, 9.17) is 9.97 Å². The molecule has 0 N–H and O–H groups in total. The maximum absolute atomic E-state index is 9.41. The lowest BCUT2D eigenvalue weighted by Crippen LogP contribution is -1.95. The molecule has 0 aliphatic carbocycles. The van der Waals surface area contributed by atoms with Gasteiger partial charge in [0, 0.05) is 16.7 Å². The van der Waals surface area contributed by atoms with E-state index >= 15 is 0 Å². The van der Waals surface area contributed by atoms with Crippen molar-refractivity contribution in [2.24, 2.45) is 0 Å². The van der Waals surface area contributed by atoms with E-state index < -0.39 is 0 Å². The minimum Gasteiger partial charge on any atom is -0.228 e. The van der Waals surface area contributed by atoms with Gasteiger partial charge in [-0.15, -0.1) is 0 Å². The Kier molecular flexibility index (Phi) is 7.89. The summed E-state index contributed by atoms with van der Waals surface area (Å²) in [5.74, 6) is 0.704. The van der Waals surface area contributed by atoms with E-state index in [1.54, 1.807) is 0 Å². The SMILES string of the molecule is N#Cc1ccc(-c2cc(-c3cccc4cccc(-c5ccc(-c6cc(-c7ccccc7)nc(-c7ccccc7)n6)cc5)c34)cc3ccccc23)cc1. The van der Waals surface area contributed by atoms with Crippen LogP contribution in [0.1, 0.15) is 5.56 Å². The summed E-state index contributed by atoms with van der Waals surface area (Å²) >= 11 is 0. The first-order valence-electron chi connectivity index (χ1n) is 17.4. The molecular weight excluding hydrogens is 631 g/mol. The van der Waals surface area contributed by atoms with Crippen LogP contribution in [0.25, 0.3) is 88.8 Å². The Bertz CT molecular complexity index is 2700. The molecule has 0 aliphatic rings. The fraction of sp³-hybridized carbons (Fsp3) is 0. The molecule has 9 aromatic rings. The number of hydrogen-bond donors (Lipinski definition) is 0. The molecule has 0 fully saturated rings. The number of fused-ring (bicyclic) bond motifs is 2. The third-order valence-corrected chi connectivity index (χ3v) is 9.72. The zero-order valence-electron chi connectivity index (χ0n) is 28.2. The molecule has 0 spiro atoms. The Labute approximate surface area is 302 Å². The van der Waals surface area contributed by atoms with Gasteiger partial charge < -0.3 is 0 Å². The second kappa shape index (κ2) is 13.3. The molecule has 1 heterocycles. The van der Waals surface area contributed by atoms with Crippen LogP contribution in [0.4, 0.5) is 0 Å². The fourth-order valence-corrected chi connectivity index (χ4v) is 7.14. The predicted molar refractivity (Wildman–Crippen MR) is 214 cm³/mol. The van der Waals surface area contributed by atoms with Crippen molar-refractivity contribution in [1.29, 1.82) is 5.26 Å². The van der Waals surface area contributed by atoms with Gasteiger partial charge in [0.25, 0.3) is 0 Å².